The third kappa shape index (κ3) is 3.05. The highest BCUT2D eigenvalue weighted by Gasteiger charge is 2.46. The second kappa shape index (κ2) is 3.91. The molecule has 3 rings (SSSR count). The number of rotatable bonds is 0. The van der Waals surface area contributed by atoms with Gasteiger partial charge in [-0.15, -0.1) is 0 Å². The molecule has 3 aliphatic rings. The molecule has 0 heterocycles. The summed E-state index contributed by atoms with van der Waals surface area (Å²) >= 11 is 0. The van der Waals surface area contributed by atoms with Gasteiger partial charge in [-0.25, -0.2) is 0 Å². The molecule has 3 aliphatic carbocycles. The summed E-state index contributed by atoms with van der Waals surface area (Å²) in [6.07, 6.45) is 4.96. The van der Waals surface area contributed by atoms with Crippen LogP contribution in [0.5, 0.6) is 0 Å². The van der Waals surface area contributed by atoms with Gasteiger partial charge in [0.05, 0.1) is 6.26 Å². The van der Waals surface area contributed by atoms with Gasteiger partial charge >= 0.3 is 0 Å². The van der Waals surface area contributed by atoms with Gasteiger partial charge in [0.1, 0.15) is 0 Å². The molecule has 0 saturated heterocycles. The van der Waals surface area contributed by atoms with Crippen LogP contribution in [0.3, 0.4) is 0 Å². The van der Waals surface area contributed by atoms with Crippen molar-refractivity contribution < 1.29 is 13.0 Å². The molecule has 1 fully saturated rings. The van der Waals surface area contributed by atoms with E-state index in [1.54, 1.807) is 11.1 Å². The van der Waals surface area contributed by atoms with Crippen LogP contribution in [0.25, 0.3) is 0 Å². The molecule has 15 heavy (non-hydrogen) atoms. The maximum atomic E-state index is 9.19. The molecule has 0 radical (unpaired) electrons. The highest BCUT2D eigenvalue weighted by atomic mass is 32.2. The Hall–Kier alpha value is -0.350. The molecule has 1 unspecified atom stereocenters. The van der Waals surface area contributed by atoms with Crippen LogP contribution in [0.4, 0.5) is 0 Å². The topological polar surface area (TPSA) is 54.4 Å². The molecule has 2 bridgehead atoms. The van der Waals surface area contributed by atoms with Gasteiger partial charge in [-0.2, -0.15) is 8.42 Å². The summed E-state index contributed by atoms with van der Waals surface area (Å²) in [7, 11) is -3.67. The van der Waals surface area contributed by atoms with Crippen LogP contribution in [0.2, 0.25) is 0 Å². The Balaban J connectivity index is 0.000000195. The van der Waals surface area contributed by atoms with E-state index < -0.39 is 10.1 Å². The molecule has 4 heteroatoms. The molecule has 1 atom stereocenters. The number of allylic oxidation sites excluding steroid dienone is 2. The fraction of sp³-hybridized carbons (Fsp3) is 0.818. The lowest BCUT2D eigenvalue weighted by Gasteiger charge is -2.52. The molecule has 0 aromatic carbocycles. The lowest BCUT2D eigenvalue weighted by atomic mass is 9.52. The van der Waals surface area contributed by atoms with Crippen molar-refractivity contribution in [1.29, 1.82) is 0 Å². The monoisotopic (exact) mass is 232 g/mol. The normalized spacial score (nSPS) is 27.7. The van der Waals surface area contributed by atoms with E-state index in [1.807, 2.05) is 0 Å². The van der Waals surface area contributed by atoms with Crippen LogP contribution in [-0.4, -0.2) is 19.2 Å². The third-order valence-corrected chi connectivity index (χ3v) is 3.63. The molecular formula is C11H20O3S. The zero-order valence-electron chi connectivity index (χ0n) is 9.87. The zero-order chi connectivity index (χ0) is 11.9. The molecule has 1 saturated carbocycles. The van der Waals surface area contributed by atoms with Crippen LogP contribution >= 0.6 is 0 Å². The first-order valence-electron chi connectivity index (χ1n) is 5.24. The average molecular weight is 232 g/mol. The van der Waals surface area contributed by atoms with Crippen molar-refractivity contribution in [3.63, 3.8) is 0 Å². The quantitative estimate of drug-likeness (QED) is 0.516. The standard InChI is InChI=1S/C10H16.CH4O3S/c1-7-4-5-8-6-9(7)10(8,2)3;1-5(2,3)4/h8H,4-6H2,1-3H3;1H3,(H,2,3,4). The fourth-order valence-electron chi connectivity index (χ4n) is 2.61. The Kier molecular flexibility index (Phi) is 3.31. The van der Waals surface area contributed by atoms with Crippen molar-refractivity contribution in [2.75, 3.05) is 6.26 Å². The molecule has 0 spiro atoms. The van der Waals surface area contributed by atoms with Crippen molar-refractivity contribution in [1.82, 2.24) is 0 Å². The van der Waals surface area contributed by atoms with Crippen LogP contribution < -0.4 is 0 Å². The van der Waals surface area contributed by atoms with Crippen LogP contribution in [0.1, 0.15) is 40.0 Å². The van der Waals surface area contributed by atoms with Crippen molar-refractivity contribution in [2.45, 2.75) is 40.0 Å². The van der Waals surface area contributed by atoms with Gasteiger partial charge in [0.2, 0.25) is 0 Å². The van der Waals surface area contributed by atoms with Crippen LogP contribution in [0.15, 0.2) is 11.1 Å². The summed E-state index contributed by atoms with van der Waals surface area (Å²) in [4.78, 5) is 0. The molecular weight excluding hydrogens is 212 g/mol. The van der Waals surface area contributed by atoms with E-state index in [2.05, 4.69) is 20.8 Å². The molecule has 1 N–H and O–H groups in total. The van der Waals surface area contributed by atoms with E-state index >= 15 is 0 Å². The molecule has 88 valence electrons. The highest BCUT2D eigenvalue weighted by molar-refractivity contribution is 7.85. The van der Waals surface area contributed by atoms with E-state index in [4.69, 9.17) is 4.55 Å². The summed E-state index contributed by atoms with van der Waals surface area (Å²) in [5.41, 5.74) is 4.04. The molecule has 0 aliphatic heterocycles. The van der Waals surface area contributed by atoms with Gasteiger partial charge in [-0.05, 0) is 37.5 Å². The van der Waals surface area contributed by atoms with Crippen LogP contribution in [-0.2, 0) is 10.1 Å². The van der Waals surface area contributed by atoms with E-state index in [0.29, 0.717) is 11.7 Å². The maximum Gasteiger partial charge on any atom is 0.261 e. The minimum absolute atomic E-state index is 0.586. The predicted octanol–water partition coefficient (Wildman–Crippen LogP) is 2.65. The zero-order valence-corrected chi connectivity index (χ0v) is 10.7. The largest absolute Gasteiger partial charge is 0.286 e. The Bertz CT molecular complexity index is 369. The average Bonchev–Trinajstić information content (AvgIpc) is 2.00. The summed E-state index contributed by atoms with van der Waals surface area (Å²) in [6, 6.07) is 0. The van der Waals surface area contributed by atoms with Crippen molar-refractivity contribution in [3.8, 4) is 0 Å². The van der Waals surface area contributed by atoms with E-state index in [0.717, 1.165) is 5.92 Å². The number of hydrogen-bond acceptors (Lipinski definition) is 2. The Morgan fingerprint density at radius 2 is 1.87 bits per heavy atom. The van der Waals surface area contributed by atoms with Crippen molar-refractivity contribution in [3.05, 3.63) is 11.1 Å². The Labute approximate surface area is 92.3 Å². The third-order valence-electron chi connectivity index (χ3n) is 3.63. The smallest absolute Gasteiger partial charge is 0.261 e. The van der Waals surface area contributed by atoms with Gasteiger partial charge in [0.25, 0.3) is 10.1 Å². The van der Waals surface area contributed by atoms with Crippen LogP contribution in [0, 0.1) is 11.3 Å². The molecule has 0 aromatic heterocycles. The fourth-order valence-corrected chi connectivity index (χ4v) is 2.61. The summed E-state index contributed by atoms with van der Waals surface area (Å²) in [5, 5.41) is 0. The van der Waals surface area contributed by atoms with Gasteiger partial charge in [0, 0.05) is 0 Å². The molecule has 0 amide bonds. The van der Waals surface area contributed by atoms with Gasteiger partial charge < -0.3 is 0 Å². The number of fused-ring (bicyclic) bond motifs is 2. The van der Waals surface area contributed by atoms with Crippen molar-refractivity contribution in [2.24, 2.45) is 11.3 Å². The summed E-state index contributed by atoms with van der Waals surface area (Å²) in [5.74, 6) is 1.02. The first-order valence-corrected chi connectivity index (χ1v) is 7.08. The van der Waals surface area contributed by atoms with E-state index in [-0.39, 0.29) is 0 Å². The SMILES string of the molecule is CC1=C2CC(CC1)C2(C)C.CS(=O)(=O)O. The first kappa shape index (κ1) is 12.7. The Morgan fingerprint density at radius 1 is 1.40 bits per heavy atom. The first-order chi connectivity index (χ1) is 6.62. The van der Waals surface area contributed by atoms with E-state index in [1.165, 1.54) is 19.3 Å². The second-order valence-corrected chi connectivity index (χ2v) is 6.62. The van der Waals surface area contributed by atoms with Gasteiger partial charge in [-0.3, -0.25) is 4.55 Å². The lowest BCUT2D eigenvalue weighted by Crippen LogP contribution is -2.41. The highest BCUT2D eigenvalue weighted by Crippen LogP contribution is 2.58. The van der Waals surface area contributed by atoms with Gasteiger partial charge in [0.15, 0.2) is 0 Å². The predicted molar refractivity (Wildman–Crippen MR) is 61.3 cm³/mol. The van der Waals surface area contributed by atoms with E-state index in [9.17, 15) is 8.42 Å². The van der Waals surface area contributed by atoms with Crippen molar-refractivity contribution >= 4 is 10.1 Å². The lowest BCUT2D eigenvalue weighted by molar-refractivity contribution is 0.133. The summed E-state index contributed by atoms with van der Waals surface area (Å²) in [6.45, 7) is 7.12. The molecule has 3 nitrogen and oxygen atoms in total. The summed E-state index contributed by atoms with van der Waals surface area (Å²) < 4.78 is 25.9. The maximum absolute atomic E-state index is 9.19. The van der Waals surface area contributed by atoms with Gasteiger partial charge in [-0.1, -0.05) is 25.0 Å². The Morgan fingerprint density at radius 3 is 2.07 bits per heavy atom. The molecule has 0 aromatic rings. The minimum atomic E-state index is -3.67. The minimum Gasteiger partial charge on any atom is -0.286 e. The second-order valence-electron chi connectivity index (χ2n) is 5.15. The number of hydrogen-bond donors (Lipinski definition) is 1.